The van der Waals surface area contributed by atoms with Crippen molar-refractivity contribution in [1.82, 2.24) is 20.3 Å². The van der Waals surface area contributed by atoms with E-state index in [4.69, 9.17) is 23.7 Å². The molecule has 0 bridgehead atoms. The zero-order chi connectivity index (χ0) is 24.8. The van der Waals surface area contributed by atoms with Crippen LogP contribution in [0, 0.1) is 0 Å². The van der Waals surface area contributed by atoms with Crippen molar-refractivity contribution in [3.63, 3.8) is 0 Å². The summed E-state index contributed by atoms with van der Waals surface area (Å²) in [5.41, 5.74) is 2.44. The maximum Gasteiger partial charge on any atom is 0.252 e. The third-order valence-electron chi connectivity index (χ3n) is 6.13. The molecule has 3 N–H and O–H groups in total. The first-order chi connectivity index (χ1) is 17.0. The number of amides is 1. The number of ether oxygens (including phenoxy) is 5. The van der Waals surface area contributed by atoms with Gasteiger partial charge in [0.25, 0.3) is 5.91 Å². The molecule has 1 amide bonds. The maximum atomic E-state index is 12.7. The summed E-state index contributed by atoms with van der Waals surface area (Å²) >= 11 is 0. The van der Waals surface area contributed by atoms with Crippen molar-refractivity contribution in [2.24, 2.45) is 0 Å². The van der Waals surface area contributed by atoms with Gasteiger partial charge >= 0.3 is 0 Å². The minimum Gasteiger partial charge on any atom is -0.387 e. The molecule has 4 rings (SSSR count). The largest absolute Gasteiger partial charge is 0.387 e. The average molecular weight is 493 g/mol. The highest BCUT2D eigenvalue weighted by Crippen LogP contribution is 2.24. The maximum absolute atomic E-state index is 12.7. The second-order valence-corrected chi connectivity index (χ2v) is 8.47. The summed E-state index contributed by atoms with van der Waals surface area (Å²) in [6.07, 6.45) is -1.50. The van der Waals surface area contributed by atoms with Crippen LogP contribution in [-0.2, 0) is 41.6 Å². The summed E-state index contributed by atoms with van der Waals surface area (Å²) in [5, 5.41) is 31.2. The lowest BCUT2D eigenvalue weighted by Gasteiger charge is -2.40. The van der Waals surface area contributed by atoms with Crippen molar-refractivity contribution in [2.75, 3.05) is 20.8 Å². The fraction of sp³-hybridized carbons (Fsp3) is 0.609. The second kappa shape index (κ2) is 12.0. The quantitative estimate of drug-likeness (QED) is 0.438. The van der Waals surface area contributed by atoms with Gasteiger partial charge in [0.05, 0.1) is 24.2 Å². The third kappa shape index (κ3) is 6.04. The van der Waals surface area contributed by atoms with Gasteiger partial charge < -0.3 is 39.2 Å². The number of aromatic nitrogens is 3. The highest BCUT2D eigenvalue weighted by Gasteiger charge is 2.48. The van der Waals surface area contributed by atoms with Crippen molar-refractivity contribution in [3.05, 3.63) is 41.7 Å². The number of carbonyl (C=O) groups excluding carboxylic acids is 1. The lowest BCUT2D eigenvalue weighted by Crippen LogP contribution is -2.62. The van der Waals surface area contributed by atoms with E-state index in [1.807, 2.05) is 24.3 Å². The van der Waals surface area contributed by atoms with Crippen LogP contribution in [0.2, 0.25) is 0 Å². The number of nitrogens with one attached hydrogen (secondary N) is 1. The summed E-state index contributed by atoms with van der Waals surface area (Å²) < 4.78 is 28.9. The monoisotopic (exact) mass is 492 g/mol. The smallest absolute Gasteiger partial charge is 0.252 e. The Kier molecular flexibility index (Phi) is 8.78. The molecule has 2 unspecified atom stereocenters. The number of aliphatic hydroxyl groups excluding tert-OH is 2. The lowest BCUT2D eigenvalue weighted by atomic mass is 9.98. The molecule has 2 saturated heterocycles. The Morgan fingerprint density at radius 2 is 1.97 bits per heavy atom. The summed E-state index contributed by atoms with van der Waals surface area (Å²) in [4.78, 5) is 12.7. The number of carbonyl (C=O) groups is 1. The van der Waals surface area contributed by atoms with E-state index in [1.165, 1.54) is 14.2 Å². The minimum atomic E-state index is -1.33. The highest BCUT2D eigenvalue weighted by atomic mass is 16.7. The van der Waals surface area contributed by atoms with E-state index in [-0.39, 0.29) is 12.8 Å². The molecule has 0 saturated carbocycles. The van der Waals surface area contributed by atoms with E-state index in [0.29, 0.717) is 13.2 Å². The molecule has 0 spiro atoms. The van der Waals surface area contributed by atoms with Gasteiger partial charge in [-0.1, -0.05) is 17.3 Å². The van der Waals surface area contributed by atoms with E-state index in [1.54, 1.807) is 10.9 Å². The van der Waals surface area contributed by atoms with Gasteiger partial charge in [0.1, 0.15) is 18.3 Å². The number of hydrogen-bond donors (Lipinski definition) is 3. The summed E-state index contributed by atoms with van der Waals surface area (Å²) in [6, 6.07) is 7.45. The van der Waals surface area contributed by atoms with Crippen molar-refractivity contribution >= 4 is 5.91 Å². The van der Waals surface area contributed by atoms with Crippen LogP contribution in [-0.4, -0.2) is 88.9 Å². The lowest BCUT2D eigenvalue weighted by molar-refractivity contribution is -0.287. The van der Waals surface area contributed by atoms with E-state index in [9.17, 15) is 15.0 Å². The van der Waals surface area contributed by atoms with Gasteiger partial charge in [0.2, 0.25) is 0 Å². The van der Waals surface area contributed by atoms with E-state index in [2.05, 4.69) is 15.6 Å². The van der Waals surface area contributed by atoms with Crippen molar-refractivity contribution in [2.45, 2.75) is 69.4 Å². The minimum absolute atomic E-state index is 0.201. The number of nitrogens with zero attached hydrogens (tertiary/aromatic N) is 3. The molecule has 3 heterocycles. The predicted molar refractivity (Wildman–Crippen MR) is 120 cm³/mol. The fourth-order valence-electron chi connectivity index (χ4n) is 4.14. The molecule has 2 aliphatic heterocycles. The molecule has 6 atom stereocenters. The molecule has 35 heavy (non-hydrogen) atoms. The molecule has 0 radical (unpaired) electrons. The zero-order valence-electron chi connectivity index (χ0n) is 19.8. The first kappa shape index (κ1) is 25.6. The molecular weight excluding hydrogens is 460 g/mol. The van der Waals surface area contributed by atoms with E-state index in [0.717, 1.165) is 36.2 Å². The van der Waals surface area contributed by atoms with Crippen LogP contribution in [0.1, 0.15) is 30.5 Å². The van der Waals surface area contributed by atoms with Gasteiger partial charge in [0, 0.05) is 27.4 Å². The normalized spacial score (nSPS) is 29.1. The zero-order valence-corrected chi connectivity index (χ0v) is 19.8. The van der Waals surface area contributed by atoms with Crippen LogP contribution in [0.4, 0.5) is 0 Å². The Balaban J connectivity index is 1.33. The standard InChI is InChI=1S/C23H32N4O8/c1-31-20-18(28)19(29)23(32-2)35-21(20)22(30)24-11-14-6-8-15(9-7-14)27-16(12-25-26-27)13-34-17-5-3-4-10-33-17/h6-9,12,17-21,23,28-29H,3-5,10-11,13H2,1-2H3,(H,24,30)/t17?,18-,19+,20+,21?,23-/m1/s1. The van der Waals surface area contributed by atoms with Gasteiger partial charge in [0.15, 0.2) is 18.7 Å². The Labute approximate surface area is 203 Å². The molecule has 1 aromatic heterocycles. The molecule has 2 aliphatic rings. The van der Waals surface area contributed by atoms with Crippen molar-refractivity contribution < 1.29 is 38.7 Å². The Bertz CT molecular complexity index is 949. The van der Waals surface area contributed by atoms with Crippen LogP contribution in [0.25, 0.3) is 5.69 Å². The van der Waals surface area contributed by atoms with Crippen LogP contribution in [0.3, 0.4) is 0 Å². The first-order valence-corrected chi connectivity index (χ1v) is 11.6. The predicted octanol–water partition coefficient (Wildman–Crippen LogP) is 0.0348. The molecule has 2 aromatic rings. The Hall–Kier alpha value is -2.45. The summed E-state index contributed by atoms with van der Waals surface area (Å²) in [5.74, 6) is -0.491. The van der Waals surface area contributed by atoms with Crippen LogP contribution in [0.15, 0.2) is 30.5 Å². The number of rotatable bonds is 9. The number of hydrogen-bond acceptors (Lipinski definition) is 10. The number of aliphatic hydroxyl groups is 2. The summed E-state index contributed by atoms with van der Waals surface area (Å²) in [6.45, 7) is 1.27. The topological polar surface area (TPSA) is 146 Å². The second-order valence-electron chi connectivity index (χ2n) is 8.47. The van der Waals surface area contributed by atoms with E-state index >= 15 is 0 Å². The first-order valence-electron chi connectivity index (χ1n) is 11.6. The van der Waals surface area contributed by atoms with Gasteiger partial charge in [-0.2, -0.15) is 0 Å². The average Bonchev–Trinajstić information content (AvgIpc) is 3.37. The molecule has 12 nitrogen and oxygen atoms in total. The van der Waals surface area contributed by atoms with Gasteiger partial charge in [-0.3, -0.25) is 4.79 Å². The Morgan fingerprint density at radius 3 is 2.66 bits per heavy atom. The number of benzene rings is 1. The molecular formula is C23H32N4O8. The molecule has 12 heteroatoms. The van der Waals surface area contributed by atoms with Gasteiger partial charge in [-0.15, -0.1) is 5.10 Å². The molecule has 2 fully saturated rings. The fourth-order valence-corrected chi connectivity index (χ4v) is 4.14. The molecule has 0 aliphatic carbocycles. The SMILES string of the molecule is CO[C@@H]1OC(C(=O)NCc2ccc(-n3nncc3COC3CCCCO3)cc2)[C@@H](OC)[C@H](O)[C@@H]1O. The van der Waals surface area contributed by atoms with Gasteiger partial charge in [-0.05, 0) is 37.0 Å². The molecule has 192 valence electrons. The highest BCUT2D eigenvalue weighted by molar-refractivity contribution is 5.81. The van der Waals surface area contributed by atoms with Crippen LogP contribution in [0.5, 0.6) is 0 Å². The summed E-state index contributed by atoms with van der Waals surface area (Å²) in [7, 11) is 2.66. The molecule has 1 aromatic carbocycles. The van der Waals surface area contributed by atoms with E-state index < -0.39 is 36.6 Å². The van der Waals surface area contributed by atoms with Gasteiger partial charge in [-0.25, -0.2) is 4.68 Å². The van der Waals surface area contributed by atoms with Crippen LogP contribution < -0.4 is 5.32 Å². The van der Waals surface area contributed by atoms with Crippen molar-refractivity contribution in [3.8, 4) is 5.69 Å². The number of methoxy groups -OCH3 is 2. The van der Waals surface area contributed by atoms with Crippen LogP contribution >= 0.6 is 0 Å². The Morgan fingerprint density at radius 1 is 1.17 bits per heavy atom. The third-order valence-corrected chi connectivity index (χ3v) is 6.13. The van der Waals surface area contributed by atoms with Crippen molar-refractivity contribution in [1.29, 1.82) is 0 Å².